The van der Waals surface area contributed by atoms with Crippen LogP contribution in [0, 0.1) is 0 Å². The average Bonchev–Trinajstić information content (AvgIpc) is 2.44. The average molecular weight is 301 g/mol. The molecule has 1 aromatic carbocycles. The van der Waals surface area contributed by atoms with Crippen molar-refractivity contribution in [1.29, 1.82) is 0 Å². The van der Waals surface area contributed by atoms with Crippen LogP contribution in [-0.2, 0) is 9.53 Å². The summed E-state index contributed by atoms with van der Waals surface area (Å²) in [6.07, 6.45) is 1.07. The number of benzene rings is 1. The summed E-state index contributed by atoms with van der Waals surface area (Å²) >= 11 is 0. The zero-order chi connectivity index (χ0) is 15.7. The number of halogens is 2. The molecule has 0 heterocycles. The highest BCUT2D eigenvalue weighted by molar-refractivity contribution is 5.69. The first kappa shape index (κ1) is 17.4. The molecule has 6 heteroatoms. The van der Waals surface area contributed by atoms with E-state index in [-0.39, 0.29) is 17.8 Å². The Morgan fingerprint density at radius 1 is 1.29 bits per heavy atom. The van der Waals surface area contributed by atoms with E-state index in [4.69, 9.17) is 4.74 Å². The normalized spacial score (nSPS) is 12.2. The maximum Gasteiger partial charge on any atom is 0.387 e. The third-order valence-electron chi connectivity index (χ3n) is 2.92. The predicted octanol–water partition coefficient (Wildman–Crippen LogP) is 3.28. The Bertz CT molecular complexity index is 423. The van der Waals surface area contributed by atoms with E-state index in [1.807, 2.05) is 6.92 Å². The Morgan fingerprint density at radius 2 is 1.95 bits per heavy atom. The standard InChI is InChI=1S/C15H21F2NO3/c1-3-20-14(19)5-4-10-18-11(2)12-6-8-13(9-7-12)21-15(16)17/h6-9,11,15,18H,3-5,10H2,1-2H3. The number of ether oxygens (including phenoxy) is 2. The summed E-state index contributed by atoms with van der Waals surface area (Å²) in [5.41, 5.74) is 0.966. The Morgan fingerprint density at radius 3 is 2.52 bits per heavy atom. The van der Waals surface area contributed by atoms with Crippen LogP contribution in [0.15, 0.2) is 24.3 Å². The number of alkyl halides is 2. The van der Waals surface area contributed by atoms with Crippen LogP contribution in [0.3, 0.4) is 0 Å². The number of carbonyl (C=O) groups is 1. The third kappa shape index (κ3) is 7.04. The van der Waals surface area contributed by atoms with E-state index in [1.165, 1.54) is 12.1 Å². The fraction of sp³-hybridized carbons (Fsp3) is 0.533. The number of hydrogen-bond donors (Lipinski definition) is 1. The molecule has 1 rings (SSSR count). The van der Waals surface area contributed by atoms with Gasteiger partial charge in [0.15, 0.2) is 0 Å². The third-order valence-corrected chi connectivity index (χ3v) is 2.92. The van der Waals surface area contributed by atoms with Crippen molar-refractivity contribution in [2.45, 2.75) is 39.3 Å². The Kier molecular flexibility index (Phi) is 7.68. The van der Waals surface area contributed by atoms with Crippen molar-refractivity contribution in [2.24, 2.45) is 0 Å². The Labute approximate surface area is 123 Å². The number of nitrogens with one attached hydrogen (secondary N) is 1. The molecule has 0 saturated carbocycles. The summed E-state index contributed by atoms with van der Waals surface area (Å²) in [6.45, 7) is 2.01. The van der Waals surface area contributed by atoms with Crippen molar-refractivity contribution in [3.05, 3.63) is 29.8 Å². The fourth-order valence-electron chi connectivity index (χ4n) is 1.84. The zero-order valence-electron chi connectivity index (χ0n) is 12.3. The molecule has 0 aliphatic carbocycles. The van der Waals surface area contributed by atoms with Gasteiger partial charge >= 0.3 is 12.6 Å². The molecule has 0 radical (unpaired) electrons. The fourth-order valence-corrected chi connectivity index (χ4v) is 1.84. The minimum absolute atomic E-state index is 0.0628. The van der Waals surface area contributed by atoms with Gasteiger partial charge < -0.3 is 14.8 Å². The van der Waals surface area contributed by atoms with Crippen LogP contribution >= 0.6 is 0 Å². The van der Waals surface area contributed by atoms with Crippen molar-refractivity contribution in [1.82, 2.24) is 5.32 Å². The minimum Gasteiger partial charge on any atom is -0.466 e. The molecule has 0 bridgehead atoms. The number of hydrogen-bond acceptors (Lipinski definition) is 4. The molecule has 0 fully saturated rings. The largest absolute Gasteiger partial charge is 0.466 e. The highest BCUT2D eigenvalue weighted by Crippen LogP contribution is 2.19. The molecule has 1 atom stereocenters. The molecule has 1 unspecified atom stereocenters. The zero-order valence-corrected chi connectivity index (χ0v) is 12.3. The second-order valence-corrected chi connectivity index (χ2v) is 4.53. The lowest BCUT2D eigenvalue weighted by molar-refractivity contribution is -0.143. The lowest BCUT2D eigenvalue weighted by atomic mass is 10.1. The van der Waals surface area contributed by atoms with Gasteiger partial charge in [0.1, 0.15) is 5.75 Å². The summed E-state index contributed by atoms with van der Waals surface area (Å²) < 4.78 is 33.2. The molecule has 21 heavy (non-hydrogen) atoms. The van der Waals surface area contributed by atoms with Crippen molar-refractivity contribution >= 4 is 5.97 Å². The molecule has 0 amide bonds. The topological polar surface area (TPSA) is 47.6 Å². The molecule has 0 saturated heterocycles. The first-order valence-corrected chi connectivity index (χ1v) is 6.96. The van der Waals surface area contributed by atoms with E-state index in [0.29, 0.717) is 26.0 Å². The van der Waals surface area contributed by atoms with Crippen molar-refractivity contribution in [3.8, 4) is 5.75 Å². The van der Waals surface area contributed by atoms with Gasteiger partial charge in [-0.15, -0.1) is 0 Å². The molecular weight excluding hydrogens is 280 g/mol. The second kappa shape index (κ2) is 9.28. The van der Waals surface area contributed by atoms with Gasteiger partial charge in [0.05, 0.1) is 6.61 Å². The van der Waals surface area contributed by atoms with E-state index >= 15 is 0 Å². The monoisotopic (exact) mass is 301 g/mol. The molecule has 118 valence electrons. The van der Waals surface area contributed by atoms with E-state index < -0.39 is 6.61 Å². The van der Waals surface area contributed by atoms with Gasteiger partial charge in [-0.2, -0.15) is 8.78 Å². The van der Waals surface area contributed by atoms with Crippen LogP contribution in [-0.4, -0.2) is 25.7 Å². The van der Waals surface area contributed by atoms with Crippen LogP contribution in [0.5, 0.6) is 5.75 Å². The predicted molar refractivity (Wildman–Crippen MR) is 75.4 cm³/mol. The number of esters is 1. The molecule has 1 aromatic rings. The summed E-state index contributed by atoms with van der Waals surface area (Å²) in [5, 5.41) is 3.26. The van der Waals surface area contributed by atoms with Gasteiger partial charge in [0.25, 0.3) is 0 Å². The van der Waals surface area contributed by atoms with Crippen LogP contribution in [0.25, 0.3) is 0 Å². The number of carbonyl (C=O) groups excluding carboxylic acids is 1. The highest BCUT2D eigenvalue weighted by Gasteiger charge is 2.08. The molecule has 0 aliphatic heterocycles. The van der Waals surface area contributed by atoms with Gasteiger partial charge in [-0.05, 0) is 44.5 Å². The van der Waals surface area contributed by atoms with Crippen molar-refractivity contribution in [3.63, 3.8) is 0 Å². The molecule has 0 aliphatic rings. The van der Waals surface area contributed by atoms with Gasteiger partial charge in [-0.1, -0.05) is 12.1 Å². The molecule has 0 spiro atoms. The van der Waals surface area contributed by atoms with Gasteiger partial charge in [0.2, 0.25) is 0 Å². The Hall–Kier alpha value is -1.69. The van der Waals surface area contributed by atoms with Gasteiger partial charge in [0, 0.05) is 12.5 Å². The summed E-state index contributed by atoms with van der Waals surface area (Å²) in [7, 11) is 0. The first-order valence-electron chi connectivity index (χ1n) is 6.96. The molecule has 1 N–H and O–H groups in total. The summed E-state index contributed by atoms with van der Waals surface area (Å²) in [6, 6.07) is 6.56. The highest BCUT2D eigenvalue weighted by atomic mass is 19.3. The maximum absolute atomic E-state index is 12.0. The lowest BCUT2D eigenvalue weighted by Gasteiger charge is -2.14. The van der Waals surface area contributed by atoms with Crippen LogP contribution in [0.1, 0.15) is 38.3 Å². The van der Waals surface area contributed by atoms with E-state index in [1.54, 1.807) is 19.1 Å². The van der Waals surface area contributed by atoms with E-state index in [9.17, 15) is 13.6 Å². The summed E-state index contributed by atoms with van der Waals surface area (Å²) in [5.74, 6) is -0.0521. The smallest absolute Gasteiger partial charge is 0.387 e. The molecule has 0 aromatic heterocycles. The minimum atomic E-state index is -2.81. The van der Waals surface area contributed by atoms with Crippen molar-refractivity contribution < 1.29 is 23.0 Å². The summed E-state index contributed by atoms with van der Waals surface area (Å²) in [4.78, 5) is 11.2. The maximum atomic E-state index is 12.0. The van der Waals surface area contributed by atoms with Crippen LogP contribution < -0.4 is 10.1 Å². The van der Waals surface area contributed by atoms with Gasteiger partial charge in [-0.25, -0.2) is 0 Å². The quantitative estimate of drug-likeness (QED) is 0.561. The van der Waals surface area contributed by atoms with Gasteiger partial charge in [-0.3, -0.25) is 4.79 Å². The first-order chi connectivity index (χ1) is 10.0. The molecule has 4 nitrogen and oxygen atoms in total. The Balaban J connectivity index is 2.31. The second-order valence-electron chi connectivity index (χ2n) is 4.53. The van der Waals surface area contributed by atoms with Crippen LogP contribution in [0.2, 0.25) is 0 Å². The van der Waals surface area contributed by atoms with E-state index in [2.05, 4.69) is 10.1 Å². The lowest BCUT2D eigenvalue weighted by Crippen LogP contribution is -2.20. The SMILES string of the molecule is CCOC(=O)CCCNC(C)c1ccc(OC(F)F)cc1. The molecular formula is C15H21F2NO3. The van der Waals surface area contributed by atoms with E-state index in [0.717, 1.165) is 5.56 Å². The number of rotatable bonds is 9. The van der Waals surface area contributed by atoms with Crippen molar-refractivity contribution in [2.75, 3.05) is 13.2 Å². The van der Waals surface area contributed by atoms with Crippen LogP contribution in [0.4, 0.5) is 8.78 Å².